The standard InChI is InChI=1S/C19H35N7O/c1-6-9-20-19(21-14-18-24-23-16(4)25(18)5)22-17-7-10-26(11-8-17)12-13-27-15(2)3/h6,15,17H,1,7-14H2,2-5H3,(H2,20,21,22). The Balaban J connectivity index is 1.82. The zero-order valence-electron chi connectivity index (χ0n) is 17.2. The Kier molecular flexibility index (Phi) is 8.74. The minimum atomic E-state index is 0.302. The molecule has 1 aromatic rings. The lowest BCUT2D eigenvalue weighted by Crippen LogP contribution is -2.49. The third-order valence-electron chi connectivity index (χ3n) is 4.76. The molecule has 8 heteroatoms. The van der Waals surface area contributed by atoms with Crippen molar-refractivity contribution in [2.75, 3.05) is 32.8 Å². The molecule has 0 amide bonds. The van der Waals surface area contributed by atoms with Gasteiger partial charge in [0.25, 0.3) is 0 Å². The van der Waals surface area contributed by atoms with Crippen LogP contribution < -0.4 is 10.6 Å². The van der Waals surface area contributed by atoms with Gasteiger partial charge in [0.05, 0.1) is 12.7 Å². The average molecular weight is 378 g/mol. The fourth-order valence-corrected chi connectivity index (χ4v) is 2.97. The highest BCUT2D eigenvalue weighted by atomic mass is 16.5. The average Bonchev–Trinajstić information content (AvgIpc) is 2.97. The van der Waals surface area contributed by atoms with Crippen LogP contribution in [0.4, 0.5) is 0 Å². The van der Waals surface area contributed by atoms with Gasteiger partial charge in [-0.25, -0.2) is 4.99 Å². The van der Waals surface area contributed by atoms with Crippen molar-refractivity contribution in [1.82, 2.24) is 30.3 Å². The third-order valence-corrected chi connectivity index (χ3v) is 4.76. The van der Waals surface area contributed by atoms with Crippen molar-refractivity contribution in [3.8, 4) is 0 Å². The zero-order chi connectivity index (χ0) is 19.6. The first-order valence-corrected chi connectivity index (χ1v) is 9.84. The molecule has 1 aromatic heterocycles. The predicted octanol–water partition coefficient (Wildman–Crippen LogP) is 1.23. The maximum absolute atomic E-state index is 5.66. The summed E-state index contributed by atoms with van der Waals surface area (Å²) >= 11 is 0. The maximum Gasteiger partial charge on any atom is 0.192 e. The Labute approximate surface area is 163 Å². The van der Waals surface area contributed by atoms with Gasteiger partial charge in [-0.15, -0.1) is 16.8 Å². The van der Waals surface area contributed by atoms with Gasteiger partial charge >= 0.3 is 0 Å². The molecule has 0 saturated carbocycles. The van der Waals surface area contributed by atoms with Gasteiger partial charge in [-0.3, -0.25) is 0 Å². The molecule has 0 radical (unpaired) electrons. The van der Waals surface area contributed by atoms with E-state index in [0.29, 0.717) is 25.2 Å². The van der Waals surface area contributed by atoms with Gasteiger partial charge < -0.3 is 24.8 Å². The molecule has 0 aromatic carbocycles. The lowest BCUT2D eigenvalue weighted by atomic mass is 10.1. The van der Waals surface area contributed by atoms with Gasteiger partial charge in [0.2, 0.25) is 0 Å². The second-order valence-electron chi connectivity index (χ2n) is 7.24. The molecule has 1 saturated heterocycles. The molecule has 2 heterocycles. The number of nitrogens with zero attached hydrogens (tertiary/aromatic N) is 5. The minimum absolute atomic E-state index is 0.302. The monoisotopic (exact) mass is 377 g/mol. The molecule has 0 bridgehead atoms. The van der Waals surface area contributed by atoms with Crippen molar-refractivity contribution < 1.29 is 4.74 Å². The summed E-state index contributed by atoms with van der Waals surface area (Å²) in [6, 6.07) is 0.421. The number of piperidine rings is 1. The van der Waals surface area contributed by atoms with Crippen molar-refractivity contribution >= 4 is 5.96 Å². The molecule has 2 rings (SSSR count). The lowest BCUT2D eigenvalue weighted by Gasteiger charge is -2.33. The van der Waals surface area contributed by atoms with E-state index in [-0.39, 0.29) is 0 Å². The van der Waals surface area contributed by atoms with Gasteiger partial charge in [0, 0.05) is 39.3 Å². The van der Waals surface area contributed by atoms with Crippen LogP contribution in [0.15, 0.2) is 17.6 Å². The fourth-order valence-electron chi connectivity index (χ4n) is 2.97. The van der Waals surface area contributed by atoms with Crippen LogP contribution in [-0.2, 0) is 18.3 Å². The number of hydrogen-bond acceptors (Lipinski definition) is 5. The summed E-state index contributed by atoms with van der Waals surface area (Å²) in [6.45, 7) is 15.0. The Morgan fingerprint density at radius 2 is 2.11 bits per heavy atom. The first-order chi connectivity index (χ1) is 13.0. The normalized spacial score (nSPS) is 16.7. The van der Waals surface area contributed by atoms with Crippen LogP contribution in [0.1, 0.15) is 38.3 Å². The van der Waals surface area contributed by atoms with E-state index < -0.39 is 0 Å². The van der Waals surface area contributed by atoms with Crippen LogP contribution in [0, 0.1) is 6.92 Å². The predicted molar refractivity (Wildman–Crippen MR) is 109 cm³/mol. The van der Waals surface area contributed by atoms with Gasteiger partial charge in [-0.2, -0.15) is 0 Å². The van der Waals surface area contributed by atoms with Crippen molar-refractivity contribution in [3.63, 3.8) is 0 Å². The molecule has 1 fully saturated rings. The number of hydrogen-bond donors (Lipinski definition) is 2. The summed E-state index contributed by atoms with van der Waals surface area (Å²) in [7, 11) is 1.96. The van der Waals surface area contributed by atoms with Gasteiger partial charge in [0.15, 0.2) is 11.8 Å². The van der Waals surface area contributed by atoms with Crippen molar-refractivity contribution in [1.29, 1.82) is 0 Å². The Hall–Kier alpha value is -1.93. The van der Waals surface area contributed by atoms with Gasteiger partial charge in [-0.05, 0) is 33.6 Å². The quantitative estimate of drug-likeness (QED) is 0.383. The molecule has 8 nitrogen and oxygen atoms in total. The van der Waals surface area contributed by atoms with Crippen molar-refractivity contribution in [2.24, 2.45) is 12.0 Å². The van der Waals surface area contributed by atoms with E-state index in [1.165, 1.54) is 0 Å². The maximum atomic E-state index is 5.66. The molecule has 27 heavy (non-hydrogen) atoms. The summed E-state index contributed by atoms with van der Waals surface area (Å²) in [4.78, 5) is 7.15. The Bertz CT molecular complexity index is 603. The second-order valence-corrected chi connectivity index (χ2v) is 7.24. The molecule has 0 atom stereocenters. The van der Waals surface area contributed by atoms with Crippen LogP contribution in [0.2, 0.25) is 0 Å². The summed E-state index contributed by atoms with van der Waals surface area (Å²) < 4.78 is 7.62. The highest BCUT2D eigenvalue weighted by Gasteiger charge is 2.20. The van der Waals surface area contributed by atoms with Crippen LogP contribution in [0.25, 0.3) is 0 Å². The third kappa shape index (κ3) is 7.30. The van der Waals surface area contributed by atoms with Crippen LogP contribution in [0.5, 0.6) is 0 Å². The Morgan fingerprint density at radius 3 is 2.70 bits per heavy atom. The largest absolute Gasteiger partial charge is 0.377 e. The lowest BCUT2D eigenvalue weighted by molar-refractivity contribution is 0.0532. The summed E-state index contributed by atoms with van der Waals surface area (Å²) in [5, 5.41) is 15.1. The summed E-state index contributed by atoms with van der Waals surface area (Å²) in [6.07, 6.45) is 4.33. The molecular weight excluding hydrogens is 342 g/mol. The highest BCUT2D eigenvalue weighted by Crippen LogP contribution is 2.10. The molecule has 0 unspecified atom stereocenters. The molecule has 1 aliphatic rings. The number of aliphatic imine (C=N–C) groups is 1. The van der Waals surface area contributed by atoms with E-state index in [2.05, 4.69) is 51.1 Å². The van der Waals surface area contributed by atoms with Crippen LogP contribution in [-0.4, -0.2) is 70.6 Å². The first-order valence-electron chi connectivity index (χ1n) is 9.84. The van der Waals surface area contributed by atoms with E-state index in [9.17, 15) is 0 Å². The minimum Gasteiger partial charge on any atom is -0.377 e. The van der Waals surface area contributed by atoms with E-state index in [1.807, 2.05) is 24.6 Å². The number of aromatic nitrogens is 3. The number of likely N-dealkylation sites (tertiary alicyclic amines) is 1. The number of guanidine groups is 1. The van der Waals surface area contributed by atoms with Gasteiger partial charge in [0.1, 0.15) is 12.4 Å². The highest BCUT2D eigenvalue weighted by molar-refractivity contribution is 5.80. The smallest absolute Gasteiger partial charge is 0.192 e. The topological polar surface area (TPSA) is 79.6 Å². The number of ether oxygens (including phenoxy) is 1. The number of rotatable bonds is 9. The zero-order valence-corrected chi connectivity index (χ0v) is 17.2. The molecule has 152 valence electrons. The molecule has 2 N–H and O–H groups in total. The van der Waals surface area contributed by atoms with Crippen LogP contribution in [0.3, 0.4) is 0 Å². The summed E-state index contributed by atoms with van der Waals surface area (Å²) in [5.41, 5.74) is 0. The van der Waals surface area contributed by atoms with Gasteiger partial charge in [-0.1, -0.05) is 6.08 Å². The van der Waals surface area contributed by atoms with Crippen molar-refractivity contribution in [2.45, 2.75) is 52.3 Å². The van der Waals surface area contributed by atoms with E-state index >= 15 is 0 Å². The van der Waals surface area contributed by atoms with Crippen LogP contribution >= 0.6 is 0 Å². The molecule has 0 spiro atoms. The van der Waals surface area contributed by atoms with E-state index in [0.717, 1.165) is 56.7 Å². The Morgan fingerprint density at radius 1 is 1.37 bits per heavy atom. The number of aryl methyl sites for hydroxylation is 1. The fraction of sp³-hybridized carbons (Fsp3) is 0.737. The SMILES string of the molecule is C=CCNC(=NCc1nnc(C)n1C)NC1CCN(CCOC(C)C)CC1. The second kappa shape index (κ2) is 11.0. The first kappa shape index (κ1) is 21.4. The van der Waals surface area contributed by atoms with Crippen molar-refractivity contribution in [3.05, 3.63) is 24.3 Å². The van der Waals surface area contributed by atoms with E-state index in [1.54, 1.807) is 0 Å². The van der Waals surface area contributed by atoms with E-state index in [4.69, 9.17) is 4.74 Å². The molecular formula is C19H35N7O. The number of nitrogens with one attached hydrogen (secondary N) is 2. The molecule has 0 aliphatic carbocycles. The molecule has 1 aliphatic heterocycles. The summed E-state index contributed by atoms with van der Waals surface area (Å²) in [5.74, 6) is 2.55.